The molecule has 1 N–H and O–H groups in total. The summed E-state index contributed by atoms with van der Waals surface area (Å²) in [5.74, 6) is 1.46. The zero-order valence-corrected chi connectivity index (χ0v) is 12.3. The molecular formula is C14H22FNOS. The zero-order chi connectivity index (χ0) is 13.5. The molecule has 0 heterocycles. The molecule has 1 aromatic carbocycles. The maximum absolute atomic E-state index is 13.9. The summed E-state index contributed by atoms with van der Waals surface area (Å²) in [5, 5.41) is 3.42. The molecule has 0 aliphatic carbocycles. The van der Waals surface area contributed by atoms with Crippen LogP contribution in [0.15, 0.2) is 18.2 Å². The van der Waals surface area contributed by atoms with Crippen molar-refractivity contribution in [2.45, 2.75) is 32.4 Å². The first kappa shape index (κ1) is 15.3. The van der Waals surface area contributed by atoms with Crippen molar-refractivity contribution >= 4 is 11.8 Å². The predicted octanol–water partition coefficient (Wildman–Crippen LogP) is 3.63. The van der Waals surface area contributed by atoms with E-state index in [0.717, 1.165) is 12.2 Å². The normalized spacial score (nSPS) is 14.3. The van der Waals surface area contributed by atoms with Crippen LogP contribution in [0.4, 0.5) is 4.39 Å². The summed E-state index contributed by atoms with van der Waals surface area (Å²) in [6.07, 6.45) is 3.18. The topological polar surface area (TPSA) is 21.3 Å². The second-order valence-electron chi connectivity index (χ2n) is 4.46. The van der Waals surface area contributed by atoms with Crippen LogP contribution in [-0.2, 0) is 0 Å². The van der Waals surface area contributed by atoms with Gasteiger partial charge in [-0.15, -0.1) is 0 Å². The molecule has 4 heteroatoms. The summed E-state index contributed by atoms with van der Waals surface area (Å²) in [7, 11) is 1.54. The Bertz CT molecular complexity index is 373. The van der Waals surface area contributed by atoms with Gasteiger partial charge in [0.25, 0.3) is 0 Å². The summed E-state index contributed by atoms with van der Waals surface area (Å²) >= 11 is 1.83. The molecule has 1 aromatic rings. The fourth-order valence-corrected chi connectivity index (χ4v) is 2.47. The first-order valence-corrected chi connectivity index (χ1v) is 7.56. The molecule has 102 valence electrons. The number of rotatable bonds is 7. The van der Waals surface area contributed by atoms with Crippen LogP contribution in [0.5, 0.6) is 5.75 Å². The van der Waals surface area contributed by atoms with E-state index in [1.54, 1.807) is 19.2 Å². The number of nitrogens with one attached hydrogen (secondary N) is 1. The van der Waals surface area contributed by atoms with Crippen LogP contribution in [0, 0.1) is 5.82 Å². The number of methoxy groups -OCH3 is 1. The van der Waals surface area contributed by atoms with Gasteiger partial charge in [0.15, 0.2) is 0 Å². The lowest BCUT2D eigenvalue weighted by Gasteiger charge is -2.20. The van der Waals surface area contributed by atoms with Crippen molar-refractivity contribution in [3.63, 3.8) is 0 Å². The van der Waals surface area contributed by atoms with Crippen molar-refractivity contribution in [3.8, 4) is 5.75 Å². The maximum atomic E-state index is 13.9. The van der Waals surface area contributed by atoms with Crippen LogP contribution < -0.4 is 10.1 Å². The minimum atomic E-state index is -0.216. The Hall–Kier alpha value is -0.740. The van der Waals surface area contributed by atoms with E-state index in [1.165, 1.54) is 6.07 Å². The van der Waals surface area contributed by atoms with Crippen molar-refractivity contribution in [2.75, 3.05) is 19.1 Å². The summed E-state index contributed by atoms with van der Waals surface area (Å²) in [4.78, 5) is 0. The minimum Gasteiger partial charge on any atom is -0.497 e. The first-order valence-electron chi connectivity index (χ1n) is 6.17. The Morgan fingerprint density at radius 2 is 2.11 bits per heavy atom. The van der Waals surface area contributed by atoms with Crippen LogP contribution in [0.2, 0.25) is 0 Å². The number of hydrogen-bond donors (Lipinski definition) is 1. The predicted molar refractivity (Wildman–Crippen MR) is 77.0 cm³/mol. The molecule has 0 saturated carbocycles. The first-order chi connectivity index (χ1) is 8.58. The van der Waals surface area contributed by atoms with Gasteiger partial charge in [-0.2, -0.15) is 11.8 Å². The van der Waals surface area contributed by atoms with Gasteiger partial charge in [-0.25, -0.2) is 4.39 Å². The smallest absolute Gasteiger partial charge is 0.131 e. The summed E-state index contributed by atoms with van der Waals surface area (Å²) in [6, 6.07) is 5.40. The van der Waals surface area contributed by atoms with Crippen molar-refractivity contribution in [1.29, 1.82) is 0 Å². The Balaban J connectivity index is 2.63. The standard InChI is InChI=1S/C14H22FNOS/c1-10(7-8-18-4)16-11(2)13-6-5-12(17-3)9-14(13)15/h5-6,9-11,16H,7-8H2,1-4H3. The SMILES string of the molecule is COc1ccc(C(C)NC(C)CCSC)c(F)c1. The molecule has 0 aromatic heterocycles. The van der Waals surface area contributed by atoms with Crippen LogP contribution in [0.1, 0.15) is 31.9 Å². The second kappa shape index (κ2) is 7.64. The van der Waals surface area contributed by atoms with E-state index in [-0.39, 0.29) is 11.9 Å². The number of benzene rings is 1. The molecule has 2 nitrogen and oxygen atoms in total. The highest BCUT2D eigenvalue weighted by Gasteiger charge is 2.13. The number of halogens is 1. The zero-order valence-electron chi connectivity index (χ0n) is 11.5. The van der Waals surface area contributed by atoms with Crippen LogP contribution in [0.3, 0.4) is 0 Å². The van der Waals surface area contributed by atoms with Crippen molar-refractivity contribution in [1.82, 2.24) is 5.32 Å². The monoisotopic (exact) mass is 271 g/mol. The quantitative estimate of drug-likeness (QED) is 0.818. The van der Waals surface area contributed by atoms with E-state index in [1.807, 2.05) is 18.7 Å². The van der Waals surface area contributed by atoms with Gasteiger partial charge in [0.2, 0.25) is 0 Å². The number of ether oxygens (including phenoxy) is 1. The van der Waals surface area contributed by atoms with Crippen LogP contribution >= 0.6 is 11.8 Å². The van der Waals surface area contributed by atoms with Crippen LogP contribution in [-0.4, -0.2) is 25.2 Å². The molecular weight excluding hydrogens is 249 g/mol. The lowest BCUT2D eigenvalue weighted by atomic mass is 10.1. The van der Waals surface area contributed by atoms with Gasteiger partial charge in [0.1, 0.15) is 11.6 Å². The van der Waals surface area contributed by atoms with Gasteiger partial charge >= 0.3 is 0 Å². The third-order valence-corrected chi connectivity index (χ3v) is 3.61. The van der Waals surface area contributed by atoms with E-state index in [4.69, 9.17) is 4.74 Å². The lowest BCUT2D eigenvalue weighted by Crippen LogP contribution is -2.29. The van der Waals surface area contributed by atoms with Gasteiger partial charge < -0.3 is 10.1 Å². The molecule has 0 aliphatic rings. The lowest BCUT2D eigenvalue weighted by molar-refractivity contribution is 0.408. The molecule has 0 amide bonds. The summed E-state index contributed by atoms with van der Waals surface area (Å²) in [5.41, 5.74) is 0.687. The van der Waals surface area contributed by atoms with Gasteiger partial charge in [-0.1, -0.05) is 6.07 Å². The molecule has 0 radical (unpaired) electrons. The van der Waals surface area contributed by atoms with Gasteiger partial charge in [0, 0.05) is 23.7 Å². The molecule has 18 heavy (non-hydrogen) atoms. The van der Waals surface area contributed by atoms with Gasteiger partial charge in [0.05, 0.1) is 7.11 Å². The third-order valence-electron chi connectivity index (χ3n) is 2.96. The molecule has 2 unspecified atom stereocenters. The van der Waals surface area contributed by atoms with Gasteiger partial charge in [-0.3, -0.25) is 0 Å². The van der Waals surface area contributed by atoms with E-state index in [0.29, 0.717) is 17.4 Å². The summed E-state index contributed by atoms with van der Waals surface area (Å²) < 4.78 is 18.9. The second-order valence-corrected chi connectivity index (χ2v) is 5.44. The van der Waals surface area contributed by atoms with E-state index in [9.17, 15) is 4.39 Å². The van der Waals surface area contributed by atoms with Crippen molar-refractivity contribution in [2.24, 2.45) is 0 Å². The van der Waals surface area contributed by atoms with E-state index < -0.39 is 0 Å². The molecule has 0 saturated heterocycles. The van der Waals surface area contributed by atoms with Crippen LogP contribution in [0.25, 0.3) is 0 Å². The van der Waals surface area contributed by atoms with Gasteiger partial charge in [-0.05, 0) is 38.3 Å². The third kappa shape index (κ3) is 4.50. The fraction of sp³-hybridized carbons (Fsp3) is 0.571. The molecule has 1 rings (SSSR count). The largest absolute Gasteiger partial charge is 0.497 e. The number of hydrogen-bond acceptors (Lipinski definition) is 3. The molecule has 0 aliphatic heterocycles. The maximum Gasteiger partial charge on any atom is 0.131 e. The molecule has 0 fully saturated rings. The summed E-state index contributed by atoms with van der Waals surface area (Å²) in [6.45, 7) is 4.12. The van der Waals surface area contributed by atoms with E-state index >= 15 is 0 Å². The Morgan fingerprint density at radius 3 is 2.67 bits per heavy atom. The highest BCUT2D eigenvalue weighted by atomic mass is 32.2. The Morgan fingerprint density at radius 1 is 1.39 bits per heavy atom. The highest BCUT2D eigenvalue weighted by molar-refractivity contribution is 7.98. The Kier molecular flexibility index (Phi) is 6.50. The molecule has 0 spiro atoms. The average Bonchev–Trinajstić information content (AvgIpc) is 2.35. The average molecular weight is 271 g/mol. The Labute approximate surface area is 113 Å². The molecule has 0 bridgehead atoms. The van der Waals surface area contributed by atoms with Crippen molar-refractivity contribution in [3.05, 3.63) is 29.6 Å². The van der Waals surface area contributed by atoms with E-state index in [2.05, 4.69) is 18.5 Å². The highest BCUT2D eigenvalue weighted by Crippen LogP contribution is 2.22. The molecule has 2 atom stereocenters. The fourth-order valence-electron chi connectivity index (χ4n) is 1.88. The minimum absolute atomic E-state index is 0.00719. The van der Waals surface area contributed by atoms with Crippen molar-refractivity contribution < 1.29 is 9.13 Å². The number of thioether (sulfide) groups is 1.